The fourth-order valence-corrected chi connectivity index (χ4v) is 4.88. The lowest BCUT2D eigenvalue weighted by Crippen LogP contribution is -2.57. The normalized spacial score (nSPS) is 23.5. The van der Waals surface area contributed by atoms with E-state index < -0.39 is 42.8 Å². The summed E-state index contributed by atoms with van der Waals surface area (Å²) < 4.78 is 20.2. The third-order valence-corrected chi connectivity index (χ3v) is 7.56. The Morgan fingerprint density at radius 1 is 0.675 bits per heavy atom. The molecular weight excluding hydrogens is 520 g/mol. The Labute approximate surface area is 240 Å². The van der Waals surface area contributed by atoms with Gasteiger partial charge in [0, 0.05) is 20.0 Å². The van der Waals surface area contributed by atoms with E-state index in [2.05, 4.69) is 6.92 Å². The van der Waals surface area contributed by atoms with Crippen molar-refractivity contribution in [1.82, 2.24) is 0 Å². The van der Waals surface area contributed by atoms with Crippen LogP contribution in [0.25, 0.3) is 0 Å². The second kappa shape index (κ2) is 23.1. The van der Waals surface area contributed by atoms with E-state index >= 15 is 0 Å². The molecule has 0 aliphatic heterocycles. The van der Waals surface area contributed by atoms with Crippen LogP contribution >= 0.6 is 0 Å². The third-order valence-electron chi connectivity index (χ3n) is 7.56. The number of carbonyl (C=O) groups is 2. The monoisotopic (exact) mass is 576 g/mol. The molecule has 1 fully saturated rings. The molecule has 0 aromatic carbocycles. The molecule has 0 saturated heterocycles. The highest BCUT2D eigenvalue weighted by molar-refractivity contribution is 5.69. The molecule has 1 saturated carbocycles. The fraction of sp³-hybridized carbons (Fsp3) is 0.933. The fourth-order valence-electron chi connectivity index (χ4n) is 4.88. The van der Waals surface area contributed by atoms with Gasteiger partial charge in [0.25, 0.3) is 0 Å². The average Bonchev–Trinajstić information content (AvgIpc) is 2.94. The zero-order chi connectivity index (χ0) is 29.6. The predicted octanol–water partition coefficient (Wildman–Crippen LogP) is 4.57. The minimum atomic E-state index is -1.66. The van der Waals surface area contributed by atoms with Crippen molar-refractivity contribution in [3.63, 3.8) is 0 Å². The first kappa shape index (κ1) is 36.6. The zero-order valence-corrected chi connectivity index (χ0v) is 24.8. The van der Waals surface area contributed by atoms with E-state index in [1.807, 2.05) is 0 Å². The molecule has 0 heterocycles. The van der Waals surface area contributed by atoms with Gasteiger partial charge in [-0.2, -0.15) is 0 Å². The molecule has 0 aromatic heterocycles. The van der Waals surface area contributed by atoms with Gasteiger partial charge in [-0.1, -0.05) is 103 Å². The summed E-state index contributed by atoms with van der Waals surface area (Å²) in [5.41, 5.74) is 0. The van der Waals surface area contributed by atoms with Crippen molar-refractivity contribution in [1.29, 1.82) is 0 Å². The van der Waals surface area contributed by atoms with Gasteiger partial charge in [0.2, 0.25) is 0 Å². The average molecular weight is 577 g/mol. The van der Waals surface area contributed by atoms with Crippen molar-refractivity contribution >= 4 is 12.1 Å². The zero-order valence-electron chi connectivity index (χ0n) is 24.8. The van der Waals surface area contributed by atoms with Gasteiger partial charge in [0.05, 0.1) is 12.2 Å². The van der Waals surface area contributed by atoms with Crippen LogP contribution in [0.15, 0.2) is 0 Å². The number of aliphatic hydroxyl groups is 4. The Kier molecular flexibility index (Phi) is 21.2. The molecule has 6 atom stereocenters. The van der Waals surface area contributed by atoms with E-state index in [4.69, 9.17) is 18.9 Å². The van der Waals surface area contributed by atoms with E-state index in [9.17, 15) is 30.0 Å². The SMILES string of the molecule is CCCCCCCCCCCCCCCCCCC(=O)OC[C@H](COC(=O)O[C@@H]1[C@@H](O)[C@H](O)[C@@H](O)C[C@@H]1O)OC. The number of hydrogen-bond donors (Lipinski definition) is 4. The van der Waals surface area contributed by atoms with Crippen LogP contribution in [-0.2, 0) is 23.7 Å². The van der Waals surface area contributed by atoms with Crippen molar-refractivity contribution in [2.75, 3.05) is 20.3 Å². The summed E-state index contributed by atoms with van der Waals surface area (Å²) in [5.74, 6) is -0.337. The van der Waals surface area contributed by atoms with Gasteiger partial charge in [0.1, 0.15) is 31.5 Å². The lowest BCUT2D eigenvalue weighted by atomic mass is 9.87. The van der Waals surface area contributed by atoms with Crippen LogP contribution in [-0.4, -0.2) is 89.5 Å². The molecular formula is C30H56O10. The van der Waals surface area contributed by atoms with Crippen molar-refractivity contribution < 1.29 is 49.0 Å². The second-order valence-corrected chi connectivity index (χ2v) is 11.1. The smallest absolute Gasteiger partial charge is 0.463 e. The van der Waals surface area contributed by atoms with Crippen LogP contribution in [0.5, 0.6) is 0 Å². The molecule has 1 aliphatic rings. The molecule has 0 spiro atoms. The second-order valence-electron chi connectivity index (χ2n) is 11.1. The Bertz CT molecular complexity index is 646. The molecule has 0 amide bonds. The van der Waals surface area contributed by atoms with Crippen LogP contribution < -0.4 is 0 Å². The summed E-state index contributed by atoms with van der Waals surface area (Å²) in [6.45, 7) is 1.89. The molecule has 4 N–H and O–H groups in total. The molecule has 40 heavy (non-hydrogen) atoms. The van der Waals surface area contributed by atoms with Gasteiger partial charge in [-0.25, -0.2) is 4.79 Å². The highest BCUT2D eigenvalue weighted by Crippen LogP contribution is 2.23. The van der Waals surface area contributed by atoms with Crippen molar-refractivity contribution in [3.05, 3.63) is 0 Å². The van der Waals surface area contributed by atoms with E-state index in [1.165, 1.54) is 90.6 Å². The minimum Gasteiger partial charge on any atom is -0.463 e. The van der Waals surface area contributed by atoms with Crippen molar-refractivity contribution in [2.45, 2.75) is 159 Å². The van der Waals surface area contributed by atoms with Crippen LogP contribution in [0.1, 0.15) is 122 Å². The summed E-state index contributed by atoms with van der Waals surface area (Å²) in [7, 11) is 1.38. The van der Waals surface area contributed by atoms with Gasteiger partial charge in [-0.15, -0.1) is 0 Å². The summed E-state index contributed by atoms with van der Waals surface area (Å²) in [5, 5.41) is 39.1. The first-order chi connectivity index (χ1) is 19.3. The van der Waals surface area contributed by atoms with E-state index in [1.54, 1.807) is 0 Å². The third kappa shape index (κ3) is 16.7. The molecule has 0 radical (unpaired) electrons. The number of unbranched alkanes of at least 4 members (excludes halogenated alkanes) is 15. The summed E-state index contributed by atoms with van der Waals surface area (Å²) in [6.07, 6.45) is 11.1. The van der Waals surface area contributed by atoms with Gasteiger partial charge < -0.3 is 39.4 Å². The quantitative estimate of drug-likeness (QED) is 0.101. The highest BCUT2D eigenvalue weighted by Gasteiger charge is 2.44. The molecule has 1 aliphatic carbocycles. The number of ether oxygens (including phenoxy) is 4. The molecule has 10 heteroatoms. The summed E-state index contributed by atoms with van der Waals surface area (Å²) in [4.78, 5) is 24.0. The number of methoxy groups -OCH3 is 1. The van der Waals surface area contributed by atoms with Crippen molar-refractivity contribution in [3.8, 4) is 0 Å². The molecule has 236 valence electrons. The van der Waals surface area contributed by atoms with Crippen LogP contribution in [0.4, 0.5) is 4.79 Å². The predicted molar refractivity (Wildman–Crippen MR) is 151 cm³/mol. The van der Waals surface area contributed by atoms with Crippen LogP contribution in [0.3, 0.4) is 0 Å². The van der Waals surface area contributed by atoms with Gasteiger partial charge in [0.15, 0.2) is 6.10 Å². The van der Waals surface area contributed by atoms with E-state index in [-0.39, 0.29) is 25.6 Å². The number of aliphatic hydroxyl groups excluding tert-OH is 4. The first-order valence-corrected chi connectivity index (χ1v) is 15.5. The first-order valence-electron chi connectivity index (χ1n) is 15.5. The summed E-state index contributed by atoms with van der Waals surface area (Å²) in [6, 6.07) is 0. The largest absolute Gasteiger partial charge is 0.508 e. The number of hydrogen-bond acceptors (Lipinski definition) is 10. The van der Waals surface area contributed by atoms with Crippen LogP contribution in [0, 0.1) is 0 Å². The number of rotatable bonds is 23. The minimum absolute atomic E-state index is 0.0962. The summed E-state index contributed by atoms with van der Waals surface area (Å²) >= 11 is 0. The Morgan fingerprint density at radius 3 is 1.65 bits per heavy atom. The molecule has 0 unspecified atom stereocenters. The lowest BCUT2D eigenvalue weighted by Gasteiger charge is -2.37. The van der Waals surface area contributed by atoms with Crippen LogP contribution in [0.2, 0.25) is 0 Å². The molecule has 0 bridgehead atoms. The molecule has 10 nitrogen and oxygen atoms in total. The van der Waals surface area contributed by atoms with Gasteiger partial charge in [-0.05, 0) is 6.42 Å². The number of carbonyl (C=O) groups excluding carboxylic acids is 2. The highest BCUT2D eigenvalue weighted by atomic mass is 16.7. The van der Waals surface area contributed by atoms with E-state index in [0.29, 0.717) is 6.42 Å². The Morgan fingerprint density at radius 2 is 1.15 bits per heavy atom. The lowest BCUT2D eigenvalue weighted by molar-refractivity contribution is -0.183. The van der Waals surface area contributed by atoms with Crippen molar-refractivity contribution in [2.24, 2.45) is 0 Å². The maximum atomic E-state index is 12.0. The Hall–Kier alpha value is -1.46. The molecule has 1 rings (SSSR count). The van der Waals surface area contributed by atoms with E-state index in [0.717, 1.165) is 19.3 Å². The maximum Gasteiger partial charge on any atom is 0.508 e. The van der Waals surface area contributed by atoms with Gasteiger partial charge >= 0.3 is 12.1 Å². The van der Waals surface area contributed by atoms with Gasteiger partial charge in [-0.3, -0.25) is 4.79 Å². The molecule has 0 aromatic rings. The maximum absolute atomic E-state index is 12.0. The standard InChI is InChI=1S/C30H56O10/c1-3-4-5-6-7-8-9-10-11-12-13-14-15-16-17-18-19-26(33)38-21-23(37-2)22-39-30(36)40-29-25(32)20-24(31)27(34)28(29)35/h23-25,27-29,31-32,34-35H,3-22H2,1-2H3/t23-,24+,25+,27-,28+,29+/m1/s1. The topological polar surface area (TPSA) is 152 Å². The Balaban J connectivity index is 2.00. The number of esters is 1.